The standard InChI is InChI=1S/C48H82F3N3O3/c1-4-6-8-10-12-14-16-18-20-22-24-26-28-30-32-34-38-53(39-35-33-31-29-27-25-23-21-19-17-15-13-11-9-7-5-2)42-36-37-44(45(40-42)57-3)54-46(56)43(41-55)52-47(54)48(49,50)51/h36-37,40-41,56H,4-35,38-39H2,1-3H3. The Hall–Kier alpha value is -2.71. The lowest BCUT2D eigenvalue weighted by molar-refractivity contribution is -0.146. The van der Waals surface area contributed by atoms with Gasteiger partial charge in [0.2, 0.25) is 11.7 Å². The first-order valence-corrected chi connectivity index (χ1v) is 23.6. The minimum absolute atomic E-state index is 0.0172. The maximum Gasteiger partial charge on any atom is 0.450 e. The van der Waals surface area contributed by atoms with Crippen molar-refractivity contribution in [2.75, 3.05) is 25.1 Å². The highest BCUT2D eigenvalue weighted by Crippen LogP contribution is 2.39. The summed E-state index contributed by atoms with van der Waals surface area (Å²) < 4.78 is 47.9. The summed E-state index contributed by atoms with van der Waals surface area (Å²) >= 11 is 0. The zero-order chi connectivity index (χ0) is 41.4. The fourth-order valence-electron chi connectivity index (χ4n) is 8.05. The number of anilines is 1. The Balaban J connectivity index is 1.84. The molecule has 1 aromatic heterocycles. The van der Waals surface area contributed by atoms with E-state index in [0.29, 0.717) is 4.57 Å². The van der Waals surface area contributed by atoms with Gasteiger partial charge in [-0.25, -0.2) is 4.98 Å². The van der Waals surface area contributed by atoms with E-state index in [-0.39, 0.29) is 17.7 Å². The summed E-state index contributed by atoms with van der Waals surface area (Å²) in [5, 5.41) is 10.5. The molecule has 0 radical (unpaired) electrons. The zero-order valence-corrected chi connectivity index (χ0v) is 36.6. The molecule has 2 aromatic rings. The van der Waals surface area contributed by atoms with Crippen molar-refractivity contribution in [1.29, 1.82) is 0 Å². The predicted molar refractivity (Wildman–Crippen MR) is 233 cm³/mol. The predicted octanol–water partition coefficient (Wildman–Crippen LogP) is 15.7. The highest BCUT2D eigenvalue weighted by atomic mass is 19.4. The summed E-state index contributed by atoms with van der Waals surface area (Å²) in [6, 6.07) is 5.05. The molecule has 0 aliphatic carbocycles. The maximum absolute atomic E-state index is 13.9. The number of aromatic nitrogens is 2. The van der Waals surface area contributed by atoms with Crippen LogP contribution in [-0.2, 0) is 6.18 Å². The van der Waals surface area contributed by atoms with Crippen molar-refractivity contribution in [2.45, 2.75) is 225 Å². The molecule has 0 fully saturated rings. The molecular formula is C48H82F3N3O3. The molecule has 57 heavy (non-hydrogen) atoms. The van der Waals surface area contributed by atoms with Gasteiger partial charge in [-0.1, -0.05) is 206 Å². The molecule has 0 atom stereocenters. The number of unbranched alkanes of at least 4 members (excludes halogenated alkanes) is 30. The summed E-state index contributed by atoms with van der Waals surface area (Å²) in [5.41, 5.74) is 0.194. The number of ether oxygens (including phenoxy) is 1. The van der Waals surface area contributed by atoms with Gasteiger partial charge in [0.05, 0.1) is 12.8 Å². The molecule has 0 spiro atoms. The van der Waals surface area contributed by atoms with E-state index in [4.69, 9.17) is 4.74 Å². The van der Waals surface area contributed by atoms with Crippen molar-refractivity contribution in [2.24, 2.45) is 0 Å². The van der Waals surface area contributed by atoms with Crippen molar-refractivity contribution >= 4 is 12.0 Å². The van der Waals surface area contributed by atoms with E-state index in [2.05, 4.69) is 23.7 Å². The molecule has 1 N–H and O–H groups in total. The summed E-state index contributed by atoms with van der Waals surface area (Å²) in [5.74, 6) is -2.06. The lowest BCUT2D eigenvalue weighted by atomic mass is 10.0. The molecule has 0 unspecified atom stereocenters. The number of carbonyl (C=O) groups is 1. The largest absolute Gasteiger partial charge is 0.494 e. The Bertz CT molecular complexity index is 1250. The fraction of sp³-hybridized carbons (Fsp3) is 0.792. The summed E-state index contributed by atoms with van der Waals surface area (Å²) in [6.07, 6.45) is 37.4. The molecule has 0 amide bonds. The first-order chi connectivity index (χ1) is 27.8. The van der Waals surface area contributed by atoms with Crippen molar-refractivity contribution < 1.29 is 27.8 Å². The van der Waals surface area contributed by atoms with Crippen LogP contribution >= 0.6 is 0 Å². The quantitative estimate of drug-likeness (QED) is 0.0541. The molecule has 0 saturated heterocycles. The van der Waals surface area contributed by atoms with E-state index in [0.717, 1.165) is 44.5 Å². The van der Waals surface area contributed by atoms with Gasteiger partial charge in [-0.3, -0.25) is 9.36 Å². The van der Waals surface area contributed by atoms with Gasteiger partial charge in [0.15, 0.2) is 12.0 Å². The molecule has 328 valence electrons. The number of carbonyl (C=O) groups excluding carboxylic acids is 1. The molecule has 6 nitrogen and oxygen atoms in total. The van der Waals surface area contributed by atoms with E-state index < -0.39 is 23.6 Å². The van der Waals surface area contributed by atoms with Gasteiger partial charge in [0.1, 0.15) is 5.75 Å². The second-order valence-electron chi connectivity index (χ2n) is 16.5. The Morgan fingerprint density at radius 3 is 1.28 bits per heavy atom. The van der Waals surface area contributed by atoms with Crippen molar-refractivity contribution in [1.82, 2.24) is 9.55 Å². The molecule has 9 heteroatoms. The van der Waals surface area contributed by atoms with Gasteiger partial charge in [-0.05, 0) is 25.0 Å². The number of hydrogen-bond donors (Lipinski definition) is 1. The lowest BCUT2D eigenvalue weighted by Crippen LogP contribution is -2.26. The number of aldehydes is 1. The van der Waals surface area contributed by atoms with Gasteiger partial charge < -0.3 is 14.7 Å². The third-order valence-corrected chi connectivity index (χ3v) is 11.6. The summed E-state index contributed by atoms with van der Waals surface area (Å²) in [7, 11) is 1.40. The van der Waals surface area contributed by atoms with Crippen LogP contribution in [0.15, 0.2) is 18.2 Å². The normalized spacial score (nSPS) is 11.8. The van der Waals surface area contributed by atoms with E-state index in [9.17, 15) is 23.1 Å². The molecule has 1 aromatic carbocycles. The van der Waals surface area contributed by atoms with Crippen LogP contribution in [0.25, 0.3) is 5.69 Å². The Kier molecular flexibility index (Phi) is 28.5. The minimum Gasteiger partial charge on any atom is -0.494 e. The molecule has 1 heterocycles. The Morgan fingerprint density at radius 2 is 0.965 bits per heavy atom. The van der Waals surface area contributed by atoms with Crippen LogP contribution < -0.4 is 9.64 Å². The second kappa shape index (κ2) is 32.2. The number of aromatic hydroxyl groups is 1. The molecule has 0 bridgehead atoms. The smallest absolute Gasteiger partial charge is 0.450 e. The van der Waals surface area contributed by atoms with Gasteiger partial charge in [-0.15, -0.1) is 0 Å². The van der Waals surface area contributed by atoms with Crippen LogP contribution in [0.2, 0.25) is 0 Å². The van der Waals surface area contributed by atoms with Crippen LogP contribution in [0, 0.1) is 0 Å². The highest BCUT2D eigenvalue weighted by Gasteiger charge is 2.40. The van der Waals surface area contributed by atoms with Gasteiger partial charge >= 0.3 is 6.18 Å². The summed E-state index contributed by atoms with van der Waals surface area (Å²) in [4.78, 5) is 17.1. The second-order valence-corrected chi connectivity index (χ2v) is 16.5. The minimum atomic E-state index is -4.88. The molecule has 0 saturated carbocycles. The van der Waals surface area contributed by atoms with Gasteiger partial charge in [-0.2, -0.15) is 13.2 Å². The van der Waals surface area contributed by atoms with Crippen LogP contribution in [-0.4, -0.2) is 41.1 Å². The first kappa shape index (κ1) is 50.4. The number of nitrogens with zero attached hydrogens (tertiary/aromatic N) is 3. The monoisotopic (exact) mass is 806 g/mol. The lowest BCUT2D eigenvalue weighted by Gasteiger charge is -2.26. The Labute approximate surface area is 346 Å². The molecular weight excluding hydrogens is 724 g/mol. The summed E-state index contributed by atoms with van der Waals surface area (Å²) in [6.45, 7) is 6.26. The van der Waals surface area contributed by atoms with Crippen LogP contribution in [0.1, 0.15) is 236 Å². The number of alkyl halides is 3. The average molecular weight is 806 g/mol. The molecule has 2 rings (SSSR count). The van der Waals surface area contributed by atoms with Gasteiger partial charge in [0, 0.05) is 24.8 Å². The van der Waals surface area contributed by atoms with E-state index in [1.54, 1.807) is 12.1 Å². The van der Waals surface area contributed by atoms with Crippen LogP contribution in [0.3, 0.4) is 0 Å². The number of benzene rings is 1. The number of rotatable bonds is 38. The fourth-order valence-corrected chi connectivity index (χ4v) is 8.05. The van der Waals surface area contributed by atoms with Crippen molar-refractivity contribution in [3.8, 4) is 17.3 Å². The SMILES string of the molecule is CCCCCCCCCCCCCCCCCCN(CCCCCCCCCCCCCCCCCC)c1ccc(-n2c(C(F)(F)F)nc(C=O)c2O)c(OC)c1. The molecule has 0 aliphatic heterocycles. The van der Waals surface area contributed by atoms with Crippen LogP contribution in [0.5, 0.6) is 11.6 Å². The van der Waals surface area contributed by atoms with E-state index >= 15 is 0 Å². The van der Waals surface area contributed by atoms with E-state index in [1.807, 2.05) is 0 Å². The number of methoxy groups -OCH3 is 1. The first-order valence-electron chi connectivity index (χ1n) is 23.6. The topological polar surface area (TPSA) is 67.6 Å². The van der Waals surface area contributed by atoms with Crippen molar-refractivity contribution in [3.63, 3.8) is 0 Å². The average Bonchev–Trinajstić information content (AvgIpc) is 3.55. The third-order valence-electron chi connectivity index (χ3n) is 11.6. The number of hydrogen-bond acceptors (Lipinski definition) is 5. The van der Waals surface area contributed by atoms with E-state index in [1.165, 1.54) is 193 Å². The molecule has 0 aliphatic rings. The maximum atomic E-state index is 13.9. The Morgan fingerprint density at radius 1 is 0.614 bits per heavy atom. The van der Waals surface area contributed by atoms with Gasteiger partial charge in [0.25, 0.3) is 0 Å². The number of imidazole rings is 1. The zero-order valence-electron chi connectivity index (χ0n) is 36.6. The number of halogens is 3. The van der Waals surface area contributed by atoms with Crippen molar-refractivity contribution in [3.05, 3.63) is 29.7 Å². The van der Waals surface area contributed by atoms with Crippen LogP contribution in [0.4, 0.5) is 18.9 Å². The highest BCUT2D eigenvalue weighted by molar-refractivity contribution is 5.76. The third kappa shape index (κ3) is 21.7.